The van der Waals surface area contributed by atoms with Crippen LogP contribution in [0.2, 0.25) is 0 Å². The first-order chi connectivity index (χ1) is 8.10. The zero-order valence-corrected chi connectivity index (χ0v) is 10.9. The van der Waals surface area contributed by atoms with Crippen LogP contribution in [0.5, 0.6) is 0 Å². The molecule has 1 aromatic carbocycles. The second-order valence-corrected chi connectivity index (χ2v) is 4.24. The summed E-state index contributed by atoms with van der Waals surface area (Å²) >= 11 is 0. The number of anilines is 1. The average molecular weight is 228 g/mol. The van der Waals surface area contributed by atoms with Gasteiger partial charge in [-0.15, -0.1) is 0 Å². The van der Waals surface area contributed by atoms with Crippen molar-refractivity contribution in [2.24, 2.45) is 4.99 Å². The van der Waals surface area contributed by atoms with Gasteiger partial charge in [0.05, 0.1) is 6.34 Å². The van der Waals surface area contributed by atoms with E-state index in [9.17, 15) is 0 Å². The molecule has 0 saturated heterocycles. The minimum Gasteiger partial charge on any atom is -0.308 e. The number of hydrogen-bond donors (Lipinski definition) is 0. The Morgan fingerprint density at radius 3 is 2.47 bits per heavy atom. The smallest absolute Gasteiger partial charge is 0.0990 e. The third-order valence-corrected chi connectivity index (χ3v) is 2.66. The Balaban J connectivity index is 3.09. The maximum absolute atomic E-state index is 4.01. The van der Waals surface area contributed by atoms with Crippen molar-refractivity contribution in [1.29, 1.82) is 0 Å². The first-order valence-corrected chi connectivity index (χ1v) is 5.75. The molecule has 0 unspecified atom stereocenters. The van der Waals surface area contributed by atoms with Crippen molar-refractivity contribution in [2.75, 3.05) is 4.90 Å². The van der Waals surface area contributed by atoms with Gasteiger partial charge in [0.2, 0.25) is 0 Å². The van der Waals surface area contributed by atoms with Crippen molar-refractivity contribution in [3.63, 3.8) is 0 Å². The van der Waals surface area contributed by atoms with Gasteiger partial charge in [0.15, 0.2) is 0 Å². The Morgan fingerprint density at radius 1 is 1.29 bits per heavy atom. The number of rotatable bonds is 5. The van der Waals surface area contributed by atoms with Crippen molar-refractivity contribution in [1.82, 2.24) is 0 Å². The fourth-order valence-corrected chi connectivity index (χ4v) is 1.65. The van der Waals surface area contributed by atoms with Crippen molar-refractivity contribution in [2.45, 2.75) is 26.7 Å². The average Bonchev–Trinajstić information content (AvgIpc) is 2.31. The second-order valence-electron chi connectivity index (χ2n) is 4.24. The molecule has 17 heavy (non-hydrogen) atoms. The van der Waals surface area contributed by atoms with Crippen LogP contribution in [0.4, 0.5) is 5.69 Å². The van der Waals surface area contributed by atoms with E-state index in [1.165, 1.54) is 17.3 Å². The van der Waals surface area contributed by atoms with E-state index in [0.29, 0.717) is 5.92 Å². The first kappa shape index (κ1) is 13.2. The summed E-state index contributed by atoms with van der Waals surface area (Å²) in [5, 5.41) is 0. The van der Waals surface area contributed by atoms with Crippen LogP contribution in [-0.2, 0) is 0 Å². The fourth-order valence-electron chi connectivity index (χ4n) is 1.65. The lowest BCUT2D eigenvalue weighted by Crippen LogP contribution is -2.13. The van der Waals surface area contributed by atoms with Crippen LogP contribution >= 0.6 is 0 Å². The van der Waals surface area contributed by atoms with E-state index in [-0.39, 0.29) is 0 Å². The first-order valence-electron chi connectivity index (χ1n) is 5.75. The summed E-state index contributed by atoms with van der Waals surface area (Å²) in [6, 6.07) is 6.45. The van der Waals surface area contributed by atoms with Crippen molar-refractivity contribution >= 4 is 12.0 Å². The van der Waals surface area contributed by atoms with Crippen molar-refractivity contribution in [3.8, 4) is 0 Å². The summed E-state index contributed by atoms with van der Waals surface area (Å²) in [5.74, 6) is 0.543. The Labute approximate surface area is 104 Å². The summed E-state index contributed by atoms with van der Waals surface area (Å²) in [7, 11) is 0. The molecule has 0 atom stereocenters. The van der Waals surface area contributed by atoms with Gasteiger partial charge in [-0.25, -0.2) is 4.99 Å². The highest BCUT2D eigenvalue weighted by Gasteiger charge is 2.06. The lowest BCUT2D eigenvalue weighted by atomic mass is 10.00. The van der Waals surface area contributed by atoms with Crippen LogP contribution in [0.25, 0.3) is 0 Å². The number of aliphatic imine (C=N–C) groups is 1. The van der Waals surface area contributed by atoms with E-state index >= 15 is 0 Å². The standard InChI is InChI=1S/C15H20N2/c1-6-16-11-17(7-2)15-9-8-14(12(3)4)10-13(15)5/h6-12H,1-2H2,3-5H3/b16-11-. The summed E-state index contributed by atoms with van der Waals surface area (Å²) in [6.45, 7) is 13.8. The highest BCUT2D eigenvalue weighted by molar-refractivity contribution is 5.83. The predicted molar refractivity (Wildman–Crippen MR) is 76.6 cm³/mol. The molecule has 0 aliphatic carbocycles. The van der Waals surface area contributed by atoms with Crippen molar-refractivity contribution < 1.29 is 0 Å². The van der Waals surface area contributed by atoms with E-state index in [0.717, 1.165) is 5.69 Å². The summed E-state index contributed by atoms with van der Waals surface area (Å²) < 4.78 is 0. The van der Waals surface area contributed by atoms with E-state index in [4.69, 9.17) is 0 Å². The Kier molecular flexibility index (Phi) is 4.70. The number of nitrogens with zero attached hydrogens (tertiary/aromatic N) is 2. The molecule has 0 saturated carbocycles. The summed E-state index contributed by atoms with van der Waals surface area (Å²) in [4.78, 5) is 5.90. The molecule has 2 nitrogen and oxygen atoms in total. The van der Waals surface area contributed by atoms with Crippen LogP contribution in [0, 0.1) is 6.92 Å². The Bertz CT molecular complexity index is 431. The van der Waals surface area contributed by atoms with Gasteiger partial charge < -0.3 is 4.90 Å². The maximum atomic E-state index is 4.01. The second kappa shape index (κ2) is 6.04. The number of hydrogen-bond acceptors (Lipinski definition) is 1. The van der Waals surface area contributed by atoms with Gasteiger partial charge in [0.25, 0.3) is 0 Å². The Hall–Kier alpha value is -1.83. The molecule has 0 N–H and O–H groups in total. The quantitative estimate of drug-likeness (QED) is 0.543. The minimum atomic E-state index is 0.543. The SMILES string of the molecule is C=C/N=C\N(C=C)c1ccc(C(C)C)cc1C. The molecular weight excluding hydrogens is 208 g/mol. The lowest BCUT2D eigenvalue weighted by molar-refractivity contribution is 0.865. The third kappa shape index (κ3) is 3.31. The third-order valence-electron chi connectivity index (χ3n) is 2.66. The monoisotopic (exact) mass is 228 g/mol. The van der Waals surface area contributed by atoms with Crippen LogP contribution in [0.3, 0.4) is 0 Å². The van der Waals surface area contributed by atoms with Gasteiger partial charge in [-0.2, -0.15) is 0 Å². The van der Waals surface area contributed by atoms with Crippen LogP contribution < -0.4 is 4.90 Å². The van der Waals surface area contributed by atoms with E-state index < -0.39 is 0 Å². The normalized spacial score (nSPS) is 10.8. The molecule has 1 aromatic rings. The van der Waals surface area contributed by atoms with Gasteiger partial charge in [-0.1, -0.05) is 39.1 Å². The molecule has 2 heteroatoms. The molecule has 0 heterocycles. The molecule has 0 aliphatic heterocycles. The summed E-state index contributed by atoms with van der Waals surface area (Å²) in [5.41, 5.74) is 3.65. The molecule has 0 aliphatic rings. The topological polar surface area (TPSA) is 15.6 Å². The highest BCUT2D eigenvalue weighted by Crippen LogP contribution is 2.24. The molecule has 0 radical (unpaired) electrons. The van der Waals surface area contributed by atoms with Gasteiger partial charge in [-0.05, 0) is 30.0 Å². The molecule has 90 valence electrons. The lowest BCUT2D eigenvalue weighted by Gasteiger charge is -2.18. The number of benzene rings is 1. The highest BCUT2D eigenvalue weighted by atomic mass is 15.1. The molecule has 0 fully saturated rings. The zero-order chi connectivity index (χ0) is 12.8. The van der Waals surface area contributed by atoms with Gasteiger partial charge in [0.1, 0.15) is 0 Å². The van der Waals surface area contributed by atoms with Crippen LogP contribution in [0.15, 0.2) is 48.7 Å². The van der Waals surface area contributed by atoms with Gasteiger partial charge in [-0.3, -0.25) is 0 Å². The van der Waals surface area contributed by atoms with Crippen LogP contribution in [-0.4, -0.2) is 6.34 Å². The van der Waals surface area contributed by atoms with E-state index in [1.807, 2.05) is 4.90 Å². The molecule has 0 bridgehead atoms. The predicted octanol–water partition coefficient (Wildman–Crippen LogP) is 4.24. The largest absolute Gasteiger partial charge is 0.308 e. The van der Waals surface area contributed by atoms with Crippen molar-refractivity contribution in [3.05, 3.63) is 54.9 Å². The van der Waals surface area contributed by atoms with Gasteiger partial charge in [0, 0.05) is 18.1 Å². The minimum absolute atomic E-state index is 0.543. The van der Waals surface area contributed by atoms with Gasteiger partial charge >= 0.3 is 0 Å². The summed E-state index contributed by atoms with van der Waals surface area (Å²) in [6.07, 6.45) is 4.95. The van der Waals surface area contributed by atoms with Crippen LogP contribution in [0.1, 0.15) is 30.9 Å². The molecule has 0 amide bonds. The molecular formula is C15H20N2. The van der Waals surface area contributed by atoms with E-state index in [1.54, 1.807) is 12.5 Å². The van der Waals surface area contributed by atoms with E-state index in [2.05, 4.69) is 57.1 Å². The molecule has 0 spiro atoms. The molecule has 1 rings (SSSR count). The fraction of sp³-hybridized carbons (Fsp3) is 0.267. The Morgan fingerprint density at radius 2 is 2.00 bits per heavy atom. The molecule has 0 aromatic heterocycles. The zero-order valence-electron chi connectivity index (χ0n) is 10.9. The number of aryl methyl sites for hydroxylation is 1. The maximum Gasteiger partial charge on any atom is 0.0990 e.